The molecule has 7 nitrogen and oxygen atoms in total. The summed E-state index contributed by atoms with van der Waals surface area (Å²) in [6, 6.07) is -0.596. The third kappa shape index (κ3) is 4.13. The van der Waals surface area contributed by atoms with Gasteiger partial charge in [0, 0.05) is 25.2 Å². The molecule has 2 aliphatic heterocycles. The highest BCUT2D eigenvalue weighted by Gasteiger charge is 2.39. The lowest BCUT2D eigenvalue weighted by Crippen LogP contribution is -2.52. The van der Waals surface area contributed by atoms with Gasteiger partial charge in [0.25, 0.3) is 0 Å². The molecule has 2 unspecified atom stereocenters. The number of carbonyl (C=O) groups excluding carboxylic acids is 3. The lowest BCUT2D eigenvalue weighted by atomic mass is 9.94. The Labute approximate surface area is 167 Å². The van der Waals surface area contributed by atoms with E-state index in [2.05, 4.69) is 10.6 Å². The van der Waals surface area contributed by atoms with Crippen LogP contribution in [0.25, 0.3) is 0 Å². The van der Waals surface area contributed by atoms with Crippen LogP contribution in [0.2, 0.25) is 0 Å². The molecule has 2 saturated heterocycles. The van der Waals surface area contributed by atoms with Gasteiger partial charge in [0.15, 0.2) is 0 Å². The summed E-state index contributed by atoms with van der Waals surface area (Å²) < 4.78 is 0. The Morgan fingerprint density at radius 1 is 0.643 bits per heavy atom. The van der Waals surface area contributed by atoms with Gasteiger partial charge in [-0.2, -0.15) is 0 Å². The number of nitrogens with zero attached hydrogens (tertiary/aromatic N) is 2. The first-order chi connectivity index (χ1) is 13.6. The molecule has 4 fully saturated rings. The van der Waals surface area contributed by atoms with Crippen LogP contribution in [-0.2, 0) is 9.59 Å². The van der Waals surface area contributed by atoms with E-state index in [4.69, 9.17) is 0 Å². The third-order valence-corrected chi connectivity index (χ3v) is 7.12. The maximum Gasteiger partial charge on any atom is 0.316 e. The second-order valence-electron chi connectivity index (χ2n) is 8.95. The van der Waals surface area contributed by atoms with E-state index in [1.165, 1.54) is 38.5 Å². The number of nitrogens with one attached hydrogen (secondary N) is 2. The molecule has 4 rings (SSSR count). The molecule has 0 radical (unpaired) electrons. The van der Waals surface area contributed by atoms with E-state index in [1.54, 1.807) is 0 Å². The zero-order valence-electron chi connectivity index (χ0n) is 16.8. The van der Waals surface area contributed by atoms with Crippen molar-refractivity contribution >= 4 is 17.8 Å². The number of urea groups is 1. The first-order valence-corrected chi connectivity index (χ1v) is 11.3. The monoisotopic (exact) mass is 390 g/mol. The van der Waals surface area contributed by atoms with Crippen molar-refractivity contribution in [2.45, 2.75) is 101 Å². The van der Waals surface area contributed by atoms with Crippen LogP contribution in [0.3, 0.4) is 0 Å². The maximum atomic E-state index is 12.7. The van der Waals surface area contributed by atoms with Crippen LogP contribution in [0.1, 0.15) is 77.0 Å². The molecule has 0 aromatic carbocycles. The van der Waals surface area contributed by atoms with Gasteiger partial charge < -0.3 is 20.4 Å². The zero-order chi connectivity index (χ0) is 19.5. The number of hydrogen-bond acceptors (Lipinski definition) is 3. The Bertz CT molecular complexity index is 548. The van der Waals surface area contributed by atoms with Crippen LogP contribution in [0, 0.1) is 0 Å². The summed E-state index contributed by atoms with van der Waals surface area (Å²) in [7, 11) is 0. The summed E-state index contributed by atoms with van der Waals surface area (Å²) in [4.78, 5) is 41.8. The molecule has 2 N–H and O–H groups in total. The number of rotatable bonds is 4. The predicted molar refractivity (Wildman–Crippen MR) is 106 cm³/mol. The van der Waals surface area contributed by atoms with Crippen LogP contribution in [0.15, 0.2) is 0 Å². The smallest absolute Gasteiger partial charge is 0.316 e. The molecular weight excluding hydrogens is 356 g/mol. The molecule has 0 spiro atoms. The highest BCUT2D eigenvalue weighted by molar-refractivity contribution is 5.92. The molecule has 2 saturated carbocycles. The fraction of sp³-hybridized carbons (Fsp3) is 0.857. The van der Waals surface area contributed by atoms with E-state index in [0.717, 1.165) is 38.8 Å². The van der Waals surface area contributed by atoms with E-state index >= 15 is 0 Å². The molecule has 0 aromatic heterocycles. The highest BCUT2D eigenvalue weighted by atomic mass is 16.2. The minimum atomic E-state index is -0.451. The standard InChI is InChI=1S/C21H34N4O3/c26-19-17(11-13-24(19)15-7-3-1-4-8-15)22-21(28)23-18-12-14-25(20(18)27)16-9-5-2-6-10-16/h15-18H,1-14H2,(H2,22,23,28). The summed E-state index contributed by atoms with van der Waals surface area (Å²) >= 11 is 0. The average Bonchev–Trinajstić information content (AvgIpc) is 3.26. The van der Waals surface area contributed by atoms with Crippen molar-refractivity contribution in [3.05, 3.63) is 0 Å². The molecule has 2 heterocycles. The summed E-state index contributed by atoms with van der Waals surface area (Å²) in [5.41, 5.74) is 0. The van der Waals surface area contributed by atoms with Crippen molar-refractivity contribution in [1.29, 1.82) is 0 Å². The Balaban J connectivity index is 1.25. The predicted octanol–water partition coefficient (Wildman–Crippen LogP) is 2.15. The molecule has 2 aliphatic carbocycles. The van der Waals surface area contributed by atoms with Crippen LogP contribution in [0.5, 0.6) is 0 Å². The van der Waals surface area contributed by atoms with Crippen LogP contribution in [-0.4, -0.2) is 64.9 Å². The van der Waals surface area contributed by atoms with Crippen LogP contribution < -0.4 is 10.6 Å². The first-order valence-electron chi connectivity index (χ1n) is 11.3. The second kappa shape index (κ2) is 8.70. The van der Waals surface area contributed by atoms with Gasteiger partial charge in [-0.3, -0.25) is 9.59 Å². The largest absolute Gasteiger partial charge is 0.338 e. The second-order valence-corrected chi connectivity index (χ2v) is 8.95. The van der Waals surface area contributed by atoms with Gasteiger partial charge in [-0.05, 0) is 38.5 Å². The van der Waals surface area contributed by atoms with Gasteiger partial charge in [-0.25, -0.2) is 4.79 Å². The Morgan fingerprint density at radius 3 is 1.43 bits per heavy atom. The van der Waals surface area contributed by atoms with E-state index in [0.29, 0.717) is 24.9 Å². The molecule has 4 aliphatic rings. The van der Waals surface area contributed by atoms with Crippen molar-refractivity contribution in [2.24, 2.45) is 0 Å². The van der Waals surface area contributed by atoms with Gasteiger partial charge in [0.1, 0.15) is 12.1 Å². The zero-order valence-corrected chi connectivity index (χ0v) is 16.8. The van der Waals surface area contributed by atoms with Gasteiger partial charge >= 0.3 is 6.03 Å². The third-order valence-electron chi connectivity index (χ3n) is 7.12. The number of carbonyl (C=O) groups is 3. The molecule has 0 bridgehead atoms. The van der Waals surface area contributed by atoms with Gasteiger partial charge in [0.2, 0.25) is 11.8 Å². The summed E-state index contributed by atoms with van der Waals surface area (Å²) in [6.45, 7) is 1.46. The molecule has 4 amide bonds. The van der Waals surface area contributed by atoms with Crippen molar-refractivity contribution in [3.63, 3.8) is 0 Å². The van der Waals surface area contributed by atoms with Crippen molar-refractivity contribution in [2.75, 3.05) is 13.1 Å². The SMILES string of the molecule is O=C(NC1CCN(C2CCCCC2)C1=O)NC1CCN(C2CCCCC2)C1=O. The summed E-state index contributed by atoms with van der Waals surface area (Å²) in [5, 5.41) is 5.66. The maximum absolute atomic E-state index is 12.7. The normalized spacial score (nSPS) is 30.1. The lowest BCUT2D eigenvalue weighted by Gasteiger charge is -2.31. The van der Waals surface area contributed by atoms with Gasteiger partial charge in [-0.15, -0.1) is 0 Å². The minimum absolute atomic E-state index is 0.0450. The van der Waals surface area contributed by atoms with Crippen LogP contribution >= 0.6 is 0 Å². The summed E-state index contributed by atoms with van der Waals surface area (Å²) in [5.74, 6) is 0.0901. The molecule has 28 heavy (non-hydrogen) atoms. The Kier molecular flexibility index (Phi) is 6.07. The molecule has 0 aromatic rings. The van der Waals surface area contributed by atoms with Crippen molar-refractivity contribution in [3.8, 4) is 0 Å². The van der Waals surface area contributed by atoms with Crippen molar-refractivity contribution < 1.29 is 14.4 Å². The highest BCUT2D eigenvalue weighted by Crippen LogP contribution is 2.27. The Morgan fingerprint density at radius 2 is 1.04 bits per heavy atom. The van der Waals surface area contributed by atoms with Gasteiger partial charge in [0.05, 0.1) is 0 Å². The average molecular weight is 391 g/mol. The van der Waals surface area contributed by atoms with Gasteiger partial charge in [-0.1, -0.05) is 38.5 Å². The lowest BCUT2D eigenvalue weighted by molar-refractivity contribution is -0.132. The minimum Gasteiger partial charge on any atom is -0.338 e. The van der Waals surface area contributed by atoms with E-state index in [-0.39, 0.29) is 17.8 Å². The first kappa shape index (κ1) is 19.5. The fourth-order valence-electron chi connectivity index (χ4n) is 5.54. The molecular formula is C21H34N4O3. The molecule has 2 atom stereocenters. The van der Waals surface area contributed by atoms with Crippen LogP contribution in [0.4, 0.5) is 4.79 Å². The van der Waals surface area contributed by atoms with Crippen molar-refractivity contribution in [1.82, 2.24) is 20.4 Å². The fourth-order valence-corrected chi connectivity index (χ4v) is 5.54. The summed E-state index contributed by atoms with van der Waals surface area (Å²) in [6.07, 6.45) is 12.9. The van der Waals surface area contributed by atoms with E-state index in [9.17, 15) is 14.4 Å². The van der Waals surface area contributed by atoms with E-state index in [1.807, 2.05) is 9.80 Å². The topological polar surface area (TPSA) is 81.8 Å². The van der Waals surface area contributed by atoms with E-state index < -0.39 is 12.1 Å². The number of amides is 4. The number of hydrogen-bond donors (Lipinski definition) is 2. The quantitative estimate of drug-likeness (QED) is 0.772. The Hall–Kier alpha value is -1.79. The molecule has 7 heteroatoms. The molecule has 156 valence electrons. The number of likely N-dealkylation sites (tertiary alicyclic amines) is 2.